The lowest BCUT2D eigenvalue weighted by molar-refractivity contribution is -0.120. The highest BCUT2D eigenvalue weighted by Crippen LogP contribution is 2.25. The fraction of sp³-hybridized carbons (Fsp3) is 0.269. The Morgan fingerprint density at radius 3 is 2.21 bits per heavy atom. The van der Waals surface area contributed by atoms with Gasteiger partial charge < -0.3 is 5.32 Å². The number of carbonyl (C=O) groups excluding carboxylic acids is 1. The van der Waals surface area contributed by atoms with E-state index in [1.807, 2.05) is 50.4 Å². The van der Waals surface area contributed by atoms with E-state index in [1.54, 1.807) is 48.2 Å². The second-order valence-electron chi connectivity index (χ2n) is 8.02. The molecule has 0 fully saturated rings. The highest BCUT2D eigenvalue weighted by atomic mass is 32.2. The Labute approximate surface area is 201 Å². The molecule has 5 nitrogen and oxygen atoms in total. The van der Waals surface area contributed by atoms with Crippen molar-refractivity contribution in [2.75, 3.05) is 17.1 Å². The summed E-state index contributed by atoms with van der Waals surface area (Å²) in [5.41, 5.74) is 2.68. The van der Waals surface area contributed by atoms with E-state index in [2.05, 4.69) is 17.4 Å². The molecule has 1 amide bonds. The predicted octanol–water partition coefficient (Wildman–Crippen LogP) is 5.05. The van der Waals surface area contributed by atoms with E-state index in [-0.39, 0.29) is 23.4 Å². The van der Waals surface area contributed by atoms with Crippen LogP contribution in [0.2, 0.25) is 0 Å². The summed E-state index contributed by atoms with van der Waals surface area (Å²) in [6, 6.07) is 23.9. The molecule has 0 radical (unpaired) electrons. The molecule has 0 unspecified atom stereocenters. The minimum Gasteiger partial charge on any atom is -0.352 e. The van der Waals surface area contributed by atoms with Crippen molar-refractivity contribution in [3.63, 3.8) is 0 Å². The Bertz CT molecular complexity index is 1150. The van der Waals surface area contributed by atoms with Gasteiger partial charge in [-0.1, -0.05) is 48.0 Å². The van der Waals surface area contributed by atoms with E-state index in [0.29, 0.717) is 5.69 Å². The van der Waals surface area contributed by atoms with Gasteiger partial charge >= 0.3 is 0 Å². The molecule has 0 heterocycles. The molecule has 0 spiro atoms. The van der Waals surface area contributed by atoms with Crippen molar-refractivity contribution in [1.82, 2.24) is 5.32 Å². The van der Waals surface area contributed by atoms with Crippen LogP contribution in [0.15, 0.2) is 88.7 Å². The minimum absolute atomic E-state index is 0.0823. The Morgan fingerprint density at radius 1 is 0.970 bits per heavy atom. The first-order valence-corrected chi connectivity index (χ1v) is 13.5. The molecule has 174 valence electrons. The van der Waals surface area contributed by atoms with Gasteiger partial charge in [-0.15, -0.1) is 11.8 Å². The van der Waals surface area contributed by atoms with Crippen molar-refractivity contribution >= 4 is 33.4 Å². The van der Waals surface area contributed by atoms with Gasteiger partial charge in [0.1, 0.15) is 6.54 Å². The van der Waals surface area contributed by atoms with Crippen molar-refractivity contribution in [3.8, 4) is 0 Å². The molecule has 0 aromatic heterocycles. The average molecular weight is 483 g/mol. The SMILES string of the molecule is CSc1ccc(S(=O)(=O)N(CC(=O)N[C@H](C)CCc2ccccc2)c2ccc(C)cc2)cc1. The van der Waals surface area contributed by atoms with Crippen LogP contribution in [-0.2, 0) is 21.2 Å². The number of carbonyl (C=O) groups is 1. The average Bonchev–Trinajstić information content (AvgIpc) is 2.82. The van der Waals surface area contributed by atoms with Crippen LogP contribution in [0.25, 0.3) is 0 Å². The lowest BCUT2D eigenvalue weighted by atomic mass is 10.1. The van der Waals surface area contributed by atoms with E-state index in [0.717, 1.165) is 23.3 Å². The molecule has 3 aromatic carbocycles. The zero-order valence-electron chi connectivity index (χ0n) is 19.2. The van der Waals surface area contributed by atoms with E-state index >= 15 is 0 Å². The first-order valence-electron chi connectivity index (χ1n) is 10.9. The zero-order valence-corrected chi connectivity index (χ0v) is 20.8. The monoisotopic (exact) mass is 482 g/mol. The number of thioether (sulfide) groups is 1. The van der Waals surface area contributed by atoms with Crippen LogP contribution < -0.4 is 9.62 Å². The van der Waals surface area contributed by atoms with Crippen molar-refractivity contribution in [2.45, 2.75) is 42.5 Å². The number of aryl methyl sites for hydroxylation is 2. The summed E-state index contributed by atoms with van der Waals surface area (Å²) in [7, 11) is -3.91. The molecular weight excluding hydrogens is 452 g/mol. The maximum atomic E-state index is 13.5. The van der Waals surface area contributed by atoms with Gasteiger partial charge in [-0.25, -0.2) is 8.42 Å². The molecule has 0 aliphatic heterocycles. The zero-order chi connectivity index (χ0) is 23.8. The van der Waals surface area contributed by atoms with Crippen LogP contribution >= 0.6 is 11.8 Å². The molecule has 0 saturated carbocycles. The number of rotatable bonds is 10. The summed E-state index contributed by atoms with van der Waals surface area (Å²) in [6.07, 6.45) is 3.54. The van der Waals surface area contributed by atoms with Crippen molar-refractivity contribution in [2.24, 2.45) is 0 Å². The van der Waals surface area contributed by atoms with E-state index in [4.69, 9.17) is 0 Å². The molecule has 7 heteroatoms. The van der Waals surface area contributed by atoms with Gasteiger partial charge in [0, 0.05) is 10.9 Å². The van der Waals surface area contributed by atoms with Crippen LogP contribution in [0.1, 0.15) is 24.5 Å². The summed E-state index contributed by atoms with van der Waals surface area (Å²) >= 11 is 1.54. The van der Waals surface area contributed by atoms with Crippen LogP contribution in [0, 0.1) is 6.92 Å². The molecule has 1 N–H and O–H groups in total. The number of sulfonamides is 1. The second-order valence-corrected chi connectivity index (χ2v) is 10.8. The van der Waals surface area contributed by atoms with Gasteiger partial charge in [0.2, 0.25) is 5.91 Å². The molecule has 0 aliphatic carbocycles. The number of benzene rings is 3. The summed E-state index contributed by atoms with van der Waals surface area (Å²) in [6.45, 7) is 3.59. The first kappa shape index (κ1) is 24.9. The Morgan fingerprint density at radius 2 is 1.61 bits per heavy atom. The smallest absolute Gasteiger partial charge is 0.264 e. The van der Waals surface area contributed by atoms with Crippen LogP contribution in [-0.4, -0.2) is 33.2 Å². The lowest BCUT2D eigenvalue weighted by Gasteiger charge is -2.25. The number of nitrogens with one attached hydrogen (secondary N) is 1. The quantitative estimate of drug-likeness (QED) is 0.411. The molecule has 33 heavy (non-hydrogen) atoms. The largest absolute Gasteiger partial charge is 0.352 e. The predicted molar refractivity (Wildman–Crippen MR) is 136 cm³/mol. The molecule has 1 atom stereocenters. The molecule has 0 aliphatic rings. The lowest BCUT2D eigenvalue weighted by Crippen LogP contribution is -2.43. The molecular formula is C26H30N2O3S2. The summed E-state index contributed by atoms with van der Waals surface area (Å²) < 4.78 is 28.2. The van der Waals surface area contributed by atoms with Crippen molar-refractivity contribution in [1.29, 1.82) is 0 Å². The summed E-state index contributed by atoms with van der Waals surface area (Å²) in [4.78, 5) is 14.0. The number of hydrogen-bond donors (Lipinski definition) is 1. The van der Waals surface area contributed by atoms with Gasteiger partial charge in [-0.05, 0) is 74.9 Å². The summed E-state index contributed by atoms with van der Waals surface area (Å²) in [5, 5.41) is 2.96. The van der Waals surface area contributed by atoms with Crippen molar-refractivity contribution in [3.05, 3.63) is 90.0 Å². The Hall–Kier alpha value is -2.77. The number of nitrogens with zero attached hydrogens (tertiary/aromatic N) is 1. The normalized spacial score (nSPS) is 12.2. The molecule has 0 bridgehead atoms. The standard InChI is InChI=1S/C26H30N2O3S2/c1-20-9-13-23(14-10-20)28(33(30,31)25-17-15-24(32-3)16-18-25)19-26(29)27-21(2)11-12-22-7-5-4-6-8-22/h4-10,13-18,21H,11-12,19H2,1-3H3,(H,27,29)/t21-/m1/s1. The maximum absolute atomic E-state index is 13.5. The molecule has 3 aromatic rings. The Kier molecular flexibility index (Phi) is 8.58. The van der Waals surface area contributed by atoms with Gasteiger partial charge in [-0.3, -0.25) is 9.10 Å². The second kappa shape index (κ2) is 11.4. The highest BCUT2D eigenvalue weighted by molar-refractivity contribution is 7.98. The number of hydrogen-bond acceptors (Lipinski definition) is 4. The summed E-state index contributed by atoms with van der Waals surface area (Å²) in [5.74, 6) is -0.333. The van der Waals surface area contributed by atoms with E-state index in [9.17, 15) is 13.2 Å². The third-order valence-corrected chi connectivity index (χ3v) is 7.90. The Balaban J connectivity index is 1.76. The fourth-order valence-corrected chi connectivity index (χ4v) is 5.28. The number of amides is 1. The third kappa shape index (κ3) is 6.85. The molecule has 0 saturated heterocycles. The topological polar surface area (TPSA) is 66.5 Å². The van der Waals surface area contributed by atoms with Gasteiger partial charge in [0.15, 0.2) is 0 Å². The van der Waals surface area contributed by atoms with Gasteiger partial charge in [0.05, 0.1) is 10.6 Å². The van der Waals surface area contributed by atoms with Crippen LogP contribution in [0.3, 0.4) is 0 Å². The first-order chi connectivity index (χ1) is 15.8. The maximum Gasteiger partial charge on any atom is 0.264 e. The molecule has 3 rings (SSSR count). The van der Waals surface area contributed by atoms with Crippen molar-refractivity contribution < 1.29 is 13.2 Å². The van der Waals surface area contributed by atoms with Crippen LogP contribution in [0.5, 0.6) is 0 Å². The third-order valence-electron chi connectivity index (χ3n) is 5.37. The highest BCUT2D eigenvalue weighted by Gasteiger charge is 2.27. The van der Waals surface area contributed by atoms with Crippen LogP contribution in [0.4, 0.5) is 5.69 Å². The minimum atomic E-state index is -3.91. The fourth-order valence-electron chi connectivity index (χ4n) is 3.45. The van der Waals surface area contributed by atoms with Gasteiger partial charge in [0.25, 0.3) is 10.0 Å². The van der Waals surface area contributed by atoms with E-state index < -0.39 is 10.0 Å². The van der Waals surface area contributed by atoms with Gasteiger partial charge in [-0.2, -0.15) is 0 Å². The van der Waals surface area contributed by atoms with E-state index in [1.165, 1.54) is 9.87 Å². The number of anilines is 1.